The largest absolute Gasteiger partial charge is 0.469 e. The van der Waals surface area contributed by atoms with E-state index in [9.17, 15) is 10.1 Å². The molecule has 6 nitrogen and oxygen atoms in total. The molecule has 6 heteroatoms. The third-order valence-corrected chi connectivity index (χ3v) is 2.44. The van der Waals surface area contributed by atoms with Crippen molar-refractivity contribution in [2.75, 3.05) is 5.32 Å². The van der Waals surface area contributed by atoms with E-state index in [1.165, 1.54) is 12.3 Å². The highest BCUT2D eigenvalue weighted by Crippen LogP contribution is 2.13. The van der Waals surface area contributed by atoms with Crippen LogP contribution in [0.15, 0.2) is 41.1 Å². The van der Waals surface area contributed by atoms with Crippen molar-refractivity contribution < 1.29 is 9.34 Å². The van der Waals surface area contributed by atoms with Crippen LogP contribution in [0.1, 0.15) is 12.7 Å². The summed E-state index contributed by atoms with van der Waals surface area (Å²) in [5, 5.41) is 13.6. The molecular formula is C12H13N3O3. The highest BCUT2D eigenvalue weighted by Gasteiger charge is 2.08. The molecular weight excluding hydrogens is 234 g/mol. The first-order chi connectivity index (χ1) is 8.65. The van der Waals surface area contributed by atoms with E-state index in [0.29, 0.717) is 5.82 Å². The molecule has 0 amide bonds. The molecule has 94 valence electrons. The van der Waals surface area contributed by atoms with Crippen LogP contribution in [0, 0.1) is 10.1 Å². The van der Waals surface area contributed by atoms with Gasteiger partial charge in [0.2, 0.25) is 0 Å². The second-order valence-electron chi connectivity index (χ2n) is 3.99. The fraction of sp³-hybridized carbons (Fsp3) is 0.250. The maximum absolute atomic E-state index is 10.5. The Hall–Kier alpha value is -2.37. The number of hydrogen-bond acceptors (Lipinski definition) is 5. The van der Waals surface area contributed by atoms with Crippen LogP contribution in [0.2, 0.25) is 0 Å². The van der Waals surface area contributed by atoms with E-state index in [0.717, 1.165) is 12.2 Å². The summed E-state index contributed by atoms with van der Waals surface area (Å²) >= 11 is 0. The summed E-state index contributed by atoms with van der Waals surface area (Å²) in [4.78, 5) is 14.0. The van der Waals surface area contributed by atoms with Gasteiger partial charge in [-0.1, -0.05) is 0 Å². The zero-order valence-electron chi connectivity index (χ0n) is 9.87. The van der Waals surface area contributed by atoms with Crippen LogP contribution < -0.4 is 5.32 Å². The van der Waals surface area contributed by atoms with E-state index in [2.05, 4.69) is 10.3 Å². The van der Waals surface area contributed by atoms with Gasteiger partial charge in [0.05, 0.1) is 11.2 Å². The number of rotatable bonds is 5. The van der Waals surface area contributed by atoms with Crippen LogP contribution in [-0.4, -0.2) is 15.9 Å². The lowest BCUT2D eigenvalue weighted by atomic mass is 10.2. The molecule has 0 spiro atoms. The predicted octanol–water partition coefficient (Wildman–Crippen LogP) is 2.63. The van der Waals surface area contributed by atoms with E-state index in [1.54, 1.807) is 12.3 Å². The molecule has 2 aromatic rings. The first-order valence-electron chi connectivity index (χ1n) is 5.54. The molecule has 0 aliphatic heterocycles. The summed E-state index contributed by atoms with van der Waals surface area (Å²) < 4.78 is 5.24. The Labute approximate surface area is 104 Å². The second-order valence-corrected chi connectivity index (χ2v) is 3.99. The molecule has 0 saturated carbocycles. The van der Waals surface area contributed by atoms with E-state index in [-0.39, 0.29) is 11.7 Å². The van der Waals surface area contributed by atoms with Crippen LogP contribution in [0.3, 0.4) is 0 Å². The van der Waals surface area contributed by atoms with Gasteiger partial charge in [0.15, 0.2) is 0 Å². The van der Waals surface area contributed by atoms with Crippen molar-refractivity contribution in [3.63, 3.8) is 0 Å². The summed E-state index contributed by atoms with van der Waals surface area (Å²) in [6.45, 7) is 1.99. The first-order valence-corrected chi connectivity index (χ1v) is 5.54. The van der Waals surface area contributed by atoms with Crippen molar-refractivity contribution in [3.05, 3.63) is 52.6 Å². The molecule has 0 aliphatic carbocycles. The van der Waals surface area contributed by atoms with E-state index in [4.69, 9.17) is 4.42 Å². The van der Waals surface area contributed by atoms with Gasteiger partial charge in [0, 0.05) is 18.5 Å². The summed E-state index contributed by atoms with van der Waals surface area (Å²) in [5.41, 5.74) is -0.0146. The summed E-state index contributed by atoms with van der Waals surface area (Å²) in [7, 11) is 0. The summed E-state index contributed by atoms with van der Waals surface area (Å²) in [6.07, 6.45) is 3.60. The zero-order chi connectivity index (χ0) is 13.0. The number of aromatic nitrogens is 1. The number of hydrogen-bond donors (Lipinski definition) is 1. The van der Waals surface area contributed by atoms with Crippen LogP contribution in [-0.2, 0) is 6.42 Å². The Morgan fingerprint density at radius 3 is 2.89 bits per heavy atom. The minimum absolute atomic E-state index is 0.0146. The Morgan fingerprint density at radius 2 is 2.33 bits per heavy atom. The molecule has 2 heterocycles. The van der Waals surface area contributed by atoms with Crippen LogP contribution in [0.5, 0.6) is 0 Å². The Morgan fingerprint density at radius 1 is 1.50 bits per heavy atom. The number of nitrogens with zero attached hydrogens (tertiary/aromatic N) is 2. The predicted molar refractivity (Wildman–Crippen MR) is 66.4 cm³/mol. The van der Waals surface area contributed by atoms with Gasteiger partial charge in [0.1, 0.15) is 17.8 Å². The molecule has 0 bridgehead atoms. The van der Waals surface area contributed by atoms with Gasteiger partial charge in [-0.15, -0.1) is 0 Å². The molecule has 0 radical (unpaired) electrons. The third-order valence-electron chi connectivity index (χ3n) is 2.44. The molecule has 1 N–H and O–H groups in total. The Bertz CT molecular complexity index is 508. The number of nitro groups is 1. The Kier molecular flexibility index (Phi) is 3.57. The molecule has 0 saturated heterocycles. The lowest BCUT2D eigenvalue weighted by molar-refractivity contribution is -0.385. The average Bonchev–Trinajstić information content (AvgIpc) is 2.82. The number of nitrogens with one attached hydrogen (secondary N) is 1. The van der Waals surface area contributed by atoms with Gasteiger partial charge >= 0.3 is 0 Å². The van der Waals surface area contributed by atoms with Crippen LogP contribution >= 0.6 is 0 Å². The number of pyridine rings is 1. The topological polar surface area (TPSA) is 81.2 Å². The maximum atomic E-state index is 10.5. The summed E-state index contributed by atoms with van der Waals surface area (Å²) in [6, 6.07) is 6.89. The highest BCUT2D eigenvalue weighted by molar-refractivity contribution is 5.40. The Balaban J connectivity index is 1.94. The quantitative estimate of drug-likeness (QED) is 0.648. The monoisotopic (exact) mass is 247 g/mol. The first kappa shape index (κ1) is 12.1. The van der Waals surface area contributed by atoms with E-state index >= 15 is 0 Å². The fourth-order valence-electron chi connectivity index (χ4n) is 1.61. The third kappa shape index (κ3) is 3.07. The van der Waals surface area contributed by atoms with Crippen LogP contribution in [0.25, 0.3) is 0 Å². The molecule has 1 atom stereocenters. The highest BCUT2D eigenvalue weighted by atomic mass is 16.6. The molecule has 2 aromatic heterocycles. The number of furan rings is 1. The molecule has 0 unspecified atom stereocenters. The van der Waals surface area contributed by atoms with Crippen molar-refractivity contribution in [2.45, 2.75) is 19.4 Å². The molecule has 0 aliphatic rings. The fourth-order valence-corrected chi connectivity index (χ4v) is 1.61. The molecule has 18 heavy (non-hydrogen) atoms. The van der Waals surface area contributed by atoms with Gasteiger partial charge in [-0.05, 0) is 25.1 Å². The van der Waals surface area contributed by atoms with Crippen molar-refractivity contribution in [1.29, 1.82) is 0 Å². The SMILES string of the molecule is C[C@@H](Cc1ccco1)Nc1ccc([N+](=O)[O-])cn1. The number of anilines is 1. The summed E-state index contributed by atoms with van der Waals surface area (Å²) in [5.74, 6) is 1.50. The molecule has 0 fully saturated rings. The smallest absolute Gasteiger partial charge is 0.287 e. The van der Waals surface area contributed by atoms with Crippen molar-refractivity contribution in [3.8, 4) is 0 Å². The average molecular weight is 247 g/mol. The van der Waals surface area contributed by atoms with Gasteiger partial charge in [-0.25, -0.2) is 4.98 Å². The lowest BCUT2D eigenvalue weighted by Crippen LogP contribution is -2.18. The van der Waals surface area contributed by atoms with Gasteiger partial charge in [-0.2, -0.15) is 0 Å². The second kappa shape index (κ2) is 5.31. The normalized spacial score (nSPS) is 12.1. The standard InChI is InChI=1S/C12H13N3O3/c1-9(7-11-3-2-6-18-11)14-12-5-4-10(8-13-12)15(16)17/h2-6,8-9H,7H2,1H3,(H,13,14)/t9-/m0/s1. The molecule has 0 aromatic carbocycles. The minimum Gasteiger partial charge on any atom is -0.469 e. The van der Waals surface area contributed by atoms with Crippen molar-refractivity contribution in [2.24, 2.45) is 0 Å². The lowest BCUT2D eigenvalue weighted by Gasteiger charge is -2.12. The van der Waals surface area contributed by atoms with Crippen molar-refractivity contribution in [1.82, 2.24) is 4.98 Å². The van der Waals surface area contributed by atoms with Crippen LogP contribution in [0.4, 0.5) is 11.5 Å². The van der Waals surface area contributed by atoms with Crippen molar-refractivity contribution >= 4 is 11.5 Å². The van der Waals surface area contributed by atoms with Gasteiger partial charge < -0.3 is 9.73 Å². The minimum atomic E-state index is -0.469. The van der Waals surface area contributed by atoms with E-state index in [1.807, 2.05) is 19.1 Å². The molecule has 2 rings (SSSR count). The van der Waals surface area contributed by atoms with E-state index < -0.39 is 4.92 Å². The van der Waals surface area contributed by atoms with Gasteiger partial charge in [0.25, 0.3) is 5.69 Å². The zero-order valence-corrected chi connectivity index (χ0v) is 9.87. The maximum Gasteiger partial charge on any atom is 0.287 e. The van der Waals surface area contributed by atoms with Gasteiger partial charge in [-0.3, -0.25) is 10.1 Å².